The summed E-state index contributed by atoms with van der Waals surface area (Å²) >= 11 is 0. The number of hydrogen-bond acceptors (Lipinski definition) is 4. The summed E-state index contributed by atoms with van der Waals surface area (Å²) in [5, 5.41) is 8.10. The minimum absolute atomic E-state index is 0.138. The van der Waals surface area contributed by atoms with Gasteiger partial charge in [-0.25, -0.2) is 14.2 Å². The van der Waals surface area contributed by atoms with E-state index in [0.717, 1.165) is 34.7 Å². The quantitative estimate of drug-likeness (QED) is 0.418. The molecule has 0 saturated carbocycles. The molecule has 1 heterocycles. The number of rotatable bonds is 6. The third kappa shape index (κ3) is 5.93. The Morgan fingerprint density at radius 1 is 1.05 bits per heavy atom. The molecule has 0 fully saturated rings. The number of alkyl halides is 3. The van der Waals surface area contributed by atoms with Gasteiger partial charge in [-0.2, -0.15) is 18.3 Å². The third-order valence-corrected chi connectivity index (χ3v) is 6.03. The van der Waals surface area contributed by atoms with Crippen LogP contribution in [-0.4, -0.2) is 48.3 Å². The van der Waals surface area contributed by atoms with Crippen molar-refractivity contribution in [3.05, 3.63) is 95.3 Å². The van der Waals surface area contributed by atoms with E-state index in [2.05, 4.69) is 10.4 Å². The maximum Gasteiger partial charge on any atom is 0.416 e. The second-order valence-corrected chi connectivity index (χ2v) is 8.62. The molecule has 0 aromatic heterocycles. The molecule has 1 aliphatic heterocycles. The average molecular weight is 529 g/mol. The maximum atomic E-state index is 14.5. The summed E-state index contributed by atoms with van der Waals surface area (Å²) < 4.78 is 58.0. The summed E-state index contributed by atoms with van der Waals surface area (Å²) in [6.45, 7) is -0.382. The second kappa shape index (κ2) is 10.9. The van der Waals surface area contributed by atoms with Gasteiger partial charge < -0.3 is 15.0 Å². The first-order valence-corrected chi connectivity index (χ1v) is 11.5. The number of carbonyl (C=O) groups excluding carboxylic acids is 2. The van der Waals surface area contributed by atoms with E-state index < -0.39 is 35.5 Å². The smallest absolute Gasteiger partial charge is 0.416 e. The Bertz CT molecular complexity index is 1340. The number of benzene rings is 3. The van der Waals surface area contributed by atoms with Crippen LogP contribution in [0.2, 0.25) is 0 Å². The van der Waals surface area contributed by atoms with Gasteiger partial charge in [-0.15, -0.1) is 0 Å². The molecule has 7 nitrogen and oxygen atoms in total. The van der Waals surface area contributed by atoms with Crippen LogP contribution in [0.25, 0.3) is 0 Å². The first-order chi connectivity index (χ1) is 18.1. The monoisotopic (exact) mass is 528 g/mol. The van der Waals surface area contributed by atoms with Crippen molar-refractivity contribution in [2.75, 3.05) is 26.0 Å². The molecule has 3 aromatic carbocycles. The van der Waals surface area contributed by atoms with E-state index in [9.17, 15) is 27.2 Å². The van der Waals surface area contributed by atoms with Gasteiger partial charge in [0.25, 0.3) is 5.91 Å². The van der Waals surface area contributed by atoms with E-state index in [1.54, 1.807) is 42.5 Å². The first-order valence-electron chi connectivity index (χ1n) is 11.5. The van der Waals surface area contributed by atoms with Crippen LogP contribution >= 0.6 is 0 Å². The molecule has 1 aliphatic rings. The lowest BCUT2D eigenvalue weighted by molar-refractivity contribution is -0.137. The van der Waals surface area contributed by atoms with Crippen molar-refractivity contribution in [3.8, 4) is 5.75 Å². The summed E-state index contributed by atoms with van der Waals surface area (Å²) in [6.07, 6.45) is -4.25. The van der Waals surface area contributed by atoms with Crippen LogP contribution in [0.15, 0.2) is 77.9 Å². The van der Waals surface area contributed by atoms with Crippen molar-refractivity contribution in [1.29, 1.82) is 0 Å². The first kappa shape index (κ1) is 26.6. The van der Waals surface area contributed by atoms with Crippen LogP contribution in [0.5, 0.6) is 5.75 Å². The van der Waals surface area contributed by atoms with Crippen LogP contribution < -0.4 is 10.1 Å². The summed E-state index contributed by atoms with van der Waals surface area (Å²) in [7, 11) is 2.91. The van der Waals surface area contributed by atoms with Crippen LogP contribution in [-0.2, 0) is 11.0 Å². The van der Waals surface area contributed by atoms with Gasteiger partial charge in [-0.1, -0.05) is 30.3 Å². The van der Waals surface area contributed by atoms with Gasteiger partial charge in [0.05, 0.1) is 24.4 Å². The number of nitrogens with zero attached hydrogens (tertiary/aromatic N) is 3. The molecule has 0 aliphatic carbocycles. The number of hydrazone groups is 1. The molecule has 3 aromatic rings. The van der Waals surface area contributed by atoms with Crippen molar-refractivity contribution in [2.45, 2.75) is 18.6 Å². The van der Waals surface area contributed by atoms with Crippen molar-refractivity contribution in [2.24, 2.45) is 5.10 Å². The maximum absolute atomic E-state index is 14.5. The Balaban J connectivity index is 1.51. The molecular formula is C27H24F4N4O3. The molecule has 1 atom stereocenters. The molecule has 3 amide bonds. The van der Waals surface area contributed by atoms with Gasteiger partial charge in [-0.05, 0) is 48.0 Å². The van der Waals surface area contributed by atoms with Crippen molar-refractivity contribution in [1.82, 2.24) is 9.91 Å². The summed E-state index contributed by atoms with van der Waals surface area (Å²) in [6, 6.07) is 15.9. The van der Waals surface area contributed by atoms with Crippen LogP contribution in [0.1, 0.15) is 29.2 Å². The van der Waals surface area contributed by atoms with Crippen LogP contribution in [0.4, 0.5) is 28.0 Å². The fraction of sp³-hybridized carbons (Fsp3) is 0.222. The fourth-order valence-electron chi connectivity index (χ4n) is 3.99. The number of hydrogen-bond donors (Lipinski definition) is 1. The highest BCUT2D eigenvalue weighted by atomic mass is 19.4. The third-order valence-electron chi connectivity index (χ3n) is 6.03. The molecule has 11 heteroatoms. The highest BCUT2D eigenvalue weighted by Gasteiger charge is 2.35. The Labute approximate surface area is 216 Å². The number of amides is 3. The molecule has 1 N–H and O–H groups in total. The highest BCUT2D eigenvalue weighted by Crippen LogP contribution is 2.34. The number of carbonyl (C=O) groups is 2. The predicted octanol–water partition coefficient (Wildman–Crippen LogP) is 5.69. The highest BCUT2D eigenvalue weighted by molar-refractivity contribution is 6.03. The number of urea groups is 1. The molecule has 4 rings (SSSR count). The van der Waals surface area contributed by atoms with E-state index in [4.69, 9.17) is 4.74 Å². The number of ether oxygens (including phenoxy) is 1. The Morgan fingerprint density at radius 3 is 2.32 bits per heavy atom. The summed E-state index contributed by atoms with van der Waals surface area (Å²) in [4.78, 5) is 27.0. The Morgan fingerprint density at radius 2 is 1.71 bits per heavy atom. The molecule has 0 saturated heterocycles. The largest absolute Gasteiger partial charge is 0.497 e. The lowest BCUT2D eigenvalue weighted by Gasteiger charge is -2.25. The molecule has 0 unspecified atom stereocenters. The Kier molecular flexibility index (Phi) is 7.65. The van der Waals surface area contributed by atoms with E-state index in [0.29, 0.717) is 11.5 Å². The van der Waals surface area contributed by atoms with Gasteiger partial charge in [0.1, 0.15) is 18.1 Å². The zero-order valence-electron chi connectivity index (χ0n) is 20.5. The topological polar surface area (TPSA) is 74.2 Å². The number of likely N-dealkylation sites (N-methyl/N-ethyl adjacent to an activating group) is 1. The van der Waals surface area contributed by atoms with E-state index in [1.165, 1.54) is 25.2 Å². The molecular weight excluding hydrogens is 504 g/mol. The summed E-state index contributed by atoms with van der Waals surface area (Å²) in [5.41, 5.74) is 0.690. The normalized spacial score (nSPS) is 15.2. The lowest BCUT2D eigenvalue weighted by atomic mass is 9.98. The van der Waals surface area contributed by atoms with Gasteiger partial charge in [-0.3, -0.25) is 4.79 Å². The van der Waals surface area contributed by atoms with Gasteiger partial charge >= 0.3 is 12.2 Å². The zero-order valence-corrected chi connectivity index (χ0v) is 20.5. The predicted molar refractivity (Wildman–Crippen MR) is 133 cm³/mol. The second-order valence-electron chi connectivity index (χ2n) is 8.62. The van der Waals surface area contributed by atoms with Crippen molar-refractivity contribution >= 4 is 23.3 Å². The minimum atomic E-state index is -4.50. The Hall–Kier alpha value is -4.41. The number of anilines is 1. The van der Waals surface area contributed by atoms with E-state index in [1.807, 2.05) is 0 Å². The zero-order chi connectivity index (χ0) is 27.4. The molecule has 198 valence electrons. The van der Waals surface area contributed by atoms with E-state index in [-0.39, 0.29) is 24.2 Å². The van der Waals surface area contributed by atoms with Gasteiger partial charge in [0, 0.05) is 24.7 Å². The molecule has 0 radical (unpaired) electrons. The van der Waals surface area contributed by atoms with Crippen LogP contribution in [0, 0.1) is 5.82 Å². The molecule has 0 bridgehead atoms. The van der Waals surface area contributed by atoms with Crippen molar-refractivity contribution in [3.63, 3.8) is 0 Å². The average Bonchev–Trinajstić information content (AvgIpc) is 3.34. The number of methoxy groups -OCH3 is 1. The van der Waals surface area contributed by atoms with Crippen molar-refractivity contribution < 1.29 is 31.9 Å². The number of nitrogens with one attached hydrogen (secondary N) is 1. The fourth-order valence-corrected chi connectivity index (χ4v) is 3.99. The molecule has 38 heavy (non-hydrogen) atoms. The number of halogens is 4. The van der Waals surface area contributed by atoms with Gasteiger partial charge in [0.2, 0.25) is 0 Å². The standard InChI is InChI=1S/C27H24F4N4O3/c1-34(26(37)32-19-11-9-18(10-12-19)27(29,30)31)16-25(36)35-24(17-7-13-20(38-2)14-8-17)15-23(33-35)21-5-3-4-6-22(21)28/h3-14,24H,15-16H2,1-2H3,(H,32,37)/t24-/m1/s1. The lowest BCUT2D eigenvalue weighted by Crippen LogP contribution is -2.41. The van der Waals surface area contributed by atoms with Crippen LogP contribution in [0.3, 0.4) is 0 Å². The molecule has 0 spiro atoms. The summed E-state index contributed by atoms with van der Waals surface area (Å²) in [5.74, 6) is -0.371. The van der Waals surface area contributed by atoms with E-state index >= 15 is 0 Å². The van der Waals surface area contributed by atoms with Gasteiger partial charge in [0.15, 0.2) is 0 Å². The minimum Gasteiger partial charge on any atom is -0.497 e. The SMILES string of the molecule is COc1ccc([C@H]2CC(c3ccccc3F)=NN2C(=O)CN(C)C(=O)Nc2ccc(C(F)(F)F)cc2)cc1.